The molecule has 0 radical (unpaired) electrons. The van der Waals surface area contributed by atoms with Gasteiger partial charge in [0.25, 0.3) is 5.91 Å². The van der Waals surface area contributed by atoms with Crippen molar-refractivity contribution in [1.29, 1.82) is 0 Å². The van der Waals surface area contributed by atoms with E-state index in [-0.39, 0.29) is 12.0 Å². The van der Waals surface area contributed by atoms with Crippen molar-refractivity contribution in [3.05, 3.63) is 39.4 Å². The summed E-state index contributed by atoms with van der Waals surface area (Å²) in [5.41, 5.74) is 0.310. The summed E-state index contributed by atoms with van der Waals surface area (Å²) in [6.45, 7) is 4.80. The lowest BCUT2D eigenvalue weighted by Crippen LogP contribution is -2.37. The molecular formula is C17H23N3O3S. The van der Waals surface area contributed by atoms with Crippen molar-refractivity contribution in [2.24, 2.45) is 0 Å². The van der Waals surface area contributed by atoms with E-state index >= 15 is 0 Å². The number of hydrogen-bond acceptors (Lipinski definition) is 6. The summed E-state index contributed by atoms with van der Waals surface area (Å²) in [4.78, 5) is 16.8. The number of piperidine rings is 1. The summed E-state index contributed by atoms with van der Waals surface area (Å²) in [5.74, 6) is 0.445. The number of carbonyl (C=O) groups excluding carboxylic acids is 1. The monoisotopic (exact) mass is 349 g/mol. The van der Waals surface area contributed by atoms with E-state index in [9.17, 15) is 9.90 Å². The number of carbonyl (C=O) groups is 1. The predicted octanol–water partition coefficient (Wildman–Crippen LogP) is 1.97. The van der Waals surface area contributed by atoms with Gasteiger partial charge < -0.3 is 14.9 Å². The van der Waals surface area contributed by atoms with Crippen LogP contribution in [0.15, 0.2) is 22.7 Å². The van der Waals surface area contributed by atoms with Gasteiger partial charge in [0, 0.05) is 28.9 Å². The van der Waals surface area contributed by atoms with Gasteiger partial charge in [-0.25, -0.2) is 0 Å². The molecule has 1 aliphatic rings. The molecule has 1 amide bonds. The van der Waals surface area contributed by atoms with E-state index in [1.165, 1.54) is 9.75 Å². The molecule has 0 unspecified atom stereocenters. The Morgan fingerprint density at radius 1 is 1.54 bits per heavy atom. The smallest absolute Gasteiger partial charge is 0.273 e. The normalized spacial score (nSPS) is 18.7. The molecule has 7 heteroatoms. The predicted molar refractivity (Wildman–Crippen MR) is 92.1 cm³/mol. The van der Waals surface area contributed by atoms with Gasteiger partial charge >= 0.3 is 0 Å². The van der Waals surface area contributed by atoms with Crippen LogP contribution in [-0.4, -0.2) is 46.8 Å². The Kier molecular flexibility index (Phi) is 5.65. The molecule has 1 aliphatic heterocycles. The number of hydrogen-bond donors (Lipinski definition) is 2. The number of likely N-dealkylation sites (tertiary alicyclic amines) is 1. The number of nitrogens with zero attached hydrogens (tertiary/aromatic N) is 2. The lowest BCUT2D eigenvalue weighted by Gasteiger charge is -2.28. The second kappa shape index (κ2) is 7.92. The van der Waals surface area contributed by atoms with E-state index in [0.717, 1.165) is 25.8 Å². The van der Waals surface area contributed by atoms with Crippen LogP contribution in [0.25, 0.3) is 0 Å². The van der Waals surface area contributed by atoms with Crippen LogP contribution in [-0.2, 0) is 13.0 Å². The first kappa shape index (κ1) is 17.1. The minimum absolute atomic E-state index is 0.211. The third kappa shape index (κ3) is 4.66. The molecule has 0 bridgehead atoms. The number of aliphatic hydroxyl groups excluding tert-OH is 1. The van der Waals surface area contributed by atoms with Gasteiger partial charge in [-0.2, -0.15) is 0 Å². The fourth-order valence-electron chi connectivity index (χ4n) is 2.90. The number of amides is 1. The molecule has 1 saturated heterocycles. The minimum Gasteiger partial charge on any atom is -0.392 e. The quantitative estimate of drug-likeness (QED) is 0.834. The van der Waals surface area contributed by atoms with Gasteiger partial charge in [0.1, 0.15) is 0 Å². The van der Waals surface area contributed by atoms with E-state index in [4.69, 9.17) is 4.52 Å². The fourth-order valence-corrected chi connectivity index (χ4v) is 3.79. The van der Waals surface area contributed by atoms with E-state index in [1.807, 2.05) is 0 Å². The average Bonchev–Trinajstić information content (AvgIpc) is 3.16. The number of thiophene rings is 1. The Hall–Kier alpha value is -1.70. The third-order valence-electron chi connectivity index (χ3n) is 4.10. The zero-order valence-corrected chi connectivity index (χ0v) is 14.6. The van der Waals surface area contributed by atoms with Crippen LogP contribution in [0.5, 0.6) is 0 Å². The SMILES string of the molecule is Cc1ccc(CCNC(=O)c2cc(CN3CCC[C@H](O)C3)on2)s1. The molecule has 1 atom stereocenters. The second-order valence-electron chi connectivity index (χ2n) is 6.23. The van der Waals surface area contributed by atoms with Crippen molar-refractivity contribution in [3.8, 4) is 0 Å². The van der Waals surface area contributed by atoms with Crippen LogP contribution in [0.2, 0.25) is 0 Å². The third-order valence-corrected chi connectivity index (χ3v) is 5.17. The summed E-state index contributed by atoms with van der Waals surface area (Å²) in [6, 6.07) is 5.86. The van der Waals surface area contributed by atoms with Crippen molar-refractivity contribution < 1.29 is 14.4 Å². The van der Waals surface area contributed by atoms with E-state index in [0.29, 0.717) is 31.1 Å². The Bertz CT molecular complexity index is 682. The van der Waals surface area contributed by atoms with Crippen LogP contribution >= 0.6 is 11.3 Å². The van der Waals surface area contributed by atoms with Crippen LogP contribution in [0.3, 0.4) is 0 Å². The molecule has 1 fully saturated rings. The van der Waals surface area contributed by atoms with E-state index in [2.05, 4.69) is 34.4 Å². The van der Waals surface area contributed by atoms with Crippen molar-refractivity contribution in [3.63, 3.8) is 0 Å². The fraction of sp³-hybridized carbons (Fsp3) is 0.529. The molecule has 3 heterocycles. The molecule has 24 heavy (non-hydrogen) atoms. The first-order valence-electron chi connectivity index (χ1n) is 8.29. The van der Waals surface area contributed by atoms with E-state index in [1.54, 1.807) is 17.4 Å². The van der Waals surface area contributed by atoms with Crippen molar-refractivity contribution in [2.45, 2.75) is 38.8 Å². The van der Waals surface area contributed by atoms with Gasteiger partial charge in [0.05, 0.1) is 12.6 Å². The number of β-amino-alcohol motifs (C(OH)–C–C–N with tert-alkyl or cyclic N) is 1. The topological polar surface area (TPSA) is 78.6 Å². The standard InChI is InChI=1S/C17H23N3O3S/c1-12-4-5-15(24-12)6-7-18-17(22)16-9-14(23-19-16)11-20-8-2-3-13(21)10-20/h4-5,9,13,21H,2-3,6-8,10-11H2,1H3,(H,18,22)/t13-/m0/s1. The maximum atomic E-state index is 12.1. The van der Waals surface area contributed by atoms with Crippen LogP contribution in [0.4, 0.5) is 0 Å². The molecule has 2 N–H and O–H groups in total. The number of aryl methyl sites for hydroxylation is 1. The summed E-state index contributed by atoms with van der Waals surface area (Å²) in [7, 11) is 0. The zero-order chi connectivity index (χ0) is 16.9. The lowest BCUT2D eigenvalue weighted by molar-refractivity contribution is 0.0622. The zero-order valence-electron chi connectivity index (χ0n) is 13.8. The van der Waals surface area contributed by atoms with Crippen molar-refractivity contribution in [2.75, 3.05) is 19.6 Å². The Morgan fingerprint density at radius 3 is 3.17 bits per heavy atom. The minimum atomic E-state index is -0.273. The second-order valence-corrected chi connectivity index (χ2v) is 7.60. The molecule has 0 aromatic carbocycles. The number of aliphatic hydroxyl groups is 1. The van der Waals surface area contributed by atoms with Gasteiger partial charge in [-0.1, -0.05) is 5.16 Å². The Labute approximate surface area is 145 Å². The maximum Gasteiger partial charge on any atom is 0.273 e. The molecule has 2 aromatic heterocycles. The highest BCUT2D eigenvalue weighted by Crippen LogP contribution is 2.16. The molecule has 0 spiro atoms. The van der Waals surface area contributed by atoms with Gasteiger partial charge in [0.2, 0.25) is 0 Å². The summed E-state index contributed by atoms with van der Waals surface area (Å²) in [5, 5.41) is 16.4. The average molecular weight is 349 g/mol. The highest BCUT2D eigenvalue weighted by atomic mass is 32.1. The first-order chi connectivity index (χ1) is 11.6. The lowest BCUT2D eigenvalue weighted by atomic mass is 10.1. The van der Waals surface area contributed by atoms with Crippen molar-refractivity contribution >= 4 is 17.2 Å². The number of aromatic nitrogens is 1. The number of nitrogens with one attached hydrogen (secondary N) is 1. The molecule has 0 saturated carbocycles. The number of rotatable bonds is 6. The molecule has 0 aliphatic carbocycles. The Balaban J connectivity index is 1.46. The highest BCUT2D eigenvalue weighted by Gasteiger charge is 2.20. The molecule has 2 aromatic rings. The van der Waals surface area contributed by atoms with Crippen LogP contribution in [0, 0.1) is 6.92 Å². The highest BCUT2D eigenvalue weighted by molar-refractivity contribution is 7.11. The van der Waals surface area contributed by atoms with Gasteiger partial charge in [0.15, 0.2) is 11.5 Å². The van der Waals surface area contributed by atoms with Gasteiger partial charge in [-0.3, -0.25) is 9.69 Å². The molecular weight excluding hydrogens is 326 g/mol. The maximum absolute atomic E-state index is 12.1. The van der Waals surface area contributed by atoms with Gasteiger partial charge in [-0.05, 0) is 44.9 Å². The molecule has 6 nitrogen and oxygen atoms in total. The summed E-state index contributed by atoms with van der Waals surface area (Å²) in [6.07, 6.45) is 2.38. The Morgan fingerprint density at radius 2 is 2.42 bits per heavy atom. The van der Waals surface area contributed by atoms with Crippen LogP contribution in [0.1, 0.15) is 38.8 Å². The first-order valence-corrected chi connectivity index (χ1v) is 9.11. The largest absolute Gasteiger partial charge is 0.392 e. The summed E-state index contributed by atoms with van der Waals surface area (Å²) >= 11 is 1.75. The van der Waals surface area contributed by atoms with E-state index < -0.39 is 0 Å². The van der Waals surface area contributed by atoms with Crippen molar-refractivity contribution in [1.82, 2.24) is 15.4 Å². The summed E-state index contributed by atoms with van der Waals surface area (Å²) < 4.78 is 5.26. The van der Waals surface area contributed by atoms with Gasteiger partial charge in [-0.15, -0.1) is 11.3 Å². The van der Waals surface area contributed by atoms with Crippen LogP contribution < -0.4 is 5.32 Å². The molecule has 130 valence electrons. The molecule has 3 rings (SSSR count).